The van der Waals surface area contributed by atoms with Crippen LogP contribution >= 0.6 is 0 Å². The first-order chi connectivity index (χ1) is 14.2. The van der Waals surface area contributed by atoms with Crippen molar-refractivity contribution in [1.82, 2.24) is 10.6 Å². The maximum Gasteiger partial charge on any atom is 0.407 e. The summed E-state index contributed by atoms with van der Waals surface area (Å²) in [5.41, 5.74) is 1.64. The largest absolute Gasteiger partial charge is 0.445 e. The third-order valence-corrected chi connectivity index (χ3v) is 5.17. The Morgan fingerprint density at radius 2 is 1.69 bits per heavy atom. The van der Waals surface area contributed by atoms with Crippen LogP contribution in [0.4, 0.5) is 4.79 Å². The zero-order valence-electron chi connectivity index (χ0n) is 16.2. The second-order valence-electron chi connectivity index (χ2n) is 7.18. The smallest absolute Gasteiger partial charge is 0.407 e. The van der Waals surface area contributed by atoms with Crippen molar-refractivity contribution in [3.8, 4) is 6.07 Å². The molecule has 2 unspecified atom stereocenters. The lowest BCUT2D eigenvalue weighted by molar-refractivity contribution is -0.127. The van der Waals surface area contributed by atoms with Crippen molar-refractivity contribution in [1.29, 1.82) is 5.26 Å². The zero-order valence-corrected chi connectivity index (χ0v) is 16.2. The minimum Gasteiger partial charge on any atom is -0.445 e. The number of benzene rings is 2. The third kappa shape index (κ3) is 5.82. The van der Waals surface area contributed by atoms with Gasteiger partial charge in [-0.25, -0.2) is 4.79 Å². The lowest BCUT2D eigenvalue weighted by Crippen LogP contribution is -2.49. The fourth-order valence-electron chi connectivity index (χ4n) is 3.62. The highest BCUT2D eigenvalue weighted by atomic mass is 16.5. The monoisotopic (exact) mass is 391 g/mol. The molecule has 0 aromatic heterocycles. The van der Waals surface area contributed by atoms with Gasteiger partial charge in [0.15, 0.2) is 0 Å². The van der Waals surface area contributed by atoms with E-state index in [4.69, 9.17) is 4.74 Å². The maximum atomic E-state index is 12.9. The topological polar surface area (TPSA) is 91.2 Å². The molecule has 0 heterocycles. The molecule has 0 aliphatic heterocycles. The Labute approximate surface area is 170 Å². The minimum absolute atomic E-state index is 0.181. The van der Waals surface area contributed by atoms with E-state index in [2.05, 4.69) is 16.7 Å². The van der Waals surface area contributed by atoms with E-state index in [-0.39, 0.29) is 24.5 Å². The molecule has 2 aromatic carbocycles. The van der Waals surface area contributed by atoms with Crippen LogP contribution in [0.3, 0.4) is 0 Å². The lowest BCUT2D eigenvalue weighted by Gasteiger charge is -2.31. The Morgan fingerprint density at radius 3 is 2.38 bits per heavy atom. The van der Waals surface area contributed by atoms with Gasteiger partial charge in [0.25, 0.3) is 0 Å². The molecule has 0 bridgehead atoms. The molecule has 29 heavy (non-hydrogen) atoms. The Hall–Kier alpha value is -3.33. The van der Waals surface area contributed by atoms with Crippen LogP contribution in [0.15, 0.2) is 60.7 Å². The summed E-state index contributed by atoms with van der Waals surface area (Å²) in [5, 5.41) is 15.1. The number of ether oxygens (including phenoxy) is 1. The van der Waals surface area contributed by atoms with Gasteiger partial charge in [-0.1, -0.05) is 73.5 Å². The summed E-state index contributed by atoms with van der Waals surface area (Å²) in [6.07, 6.45) is 2.70. The maximum absolute atomic E-state index is 12.9. The molecule has 1 fully saturated rings. The van der Waals surface area contributed by atoms with E-state index in [9.17, 15) is 14.9 Å². The summed E-state index contributed by atoms with van der Waals surface area (Å²) < 4.78 is 5.30. The van der Waals surface area contributed by atoms with Gasteiger partial charge in [-0.05, 0) is 24.0 Å². The molecule has 3 rings (SSSR count). The van der Waals surface area contributed by atoms with Crippen LogP contribution in [0.25, 0.3) is 0 Å². The fourth-order valence-corrected chi connectivity index (χ4v) is 3.62. The highest BCUT2D eigenvalue weighted by molar-refractivity contribution is 5.81. The highest BCUT2D eigenvalue weighted by Gasteiger charge is 2.33. The summed E-state index contributed by atoms with van der Waals surface area (Å²) >= 11 is 0. The van der Waals surface area contributed by atoms with Crippen molar-refractivity contribution in [2.75, 3.05) is 0 Å². The summed E-state index contributed by atoms with van der Waals surface area (Å²) in [6, 6.07) is 19.7. The van der Waals surface area contributed by atoms with E-state index in [0.29, 0.717) is 12.8 Å². The molecular formula is C23H25N3O3. The van der Waals surface area contributed by atoms with Gasteiger partial charge >= 0.3 is 6.09 Å². The first-order valence-corrected chi connectivity index (χ1v) is 9.89. The molecule has 0 radical (unpaired) electrons. The first-order valence-electron chi connectivity index (χ1n) is 9.89. The normalized spacial score (nSPS) is 19.4. The molecule has 2 amide bonds. The van der Waals surface area contributed by atoms with Crippen molar-refractivity contribution in [3.05, 3.63) is 71.8 Å². The highest BCUT2D eigenvalue weighted by Crippen LogP contribution is 2.26. The molecule has 1 aliphatic carbocycles. The number of nitrogens with zero attached hydrogens (tertiary/aromatic N) is 1. The molecule has 2 aromatic rings. The second kappa shape index (κ2) is 10.3. The van der Waals surface area contributed by atoms with Crippen molar-refractivity contribution in [3.63, 3.8) is 0 Å². The number of rotatable bonds is 6. The van der Waals surface area contributed by atoms with Crippen LogP contribution in [0.5, 0.6) is 0 Å². The van der Waals surface area contributed by atoms with Gasteiger partial charge in [0.1, 0.15) is 12.6 Å². The first kappa shape index (κ1) is 20.4. The summed E-state index contributed by atoms with van der Waals surface area (Å²) in [7, 11) is 0. The molecule has 0 spiro atoms. The summed E-state index contributed by atoms with van der Waals surface area (Å²) in [6.45, 7) is 0.181. The van der Waals surface area contributed by atoms with Crippen molar-refractivity contribution in [2.45, 2.75) is 44.4 Å². The Balaban J connectivity index is 1.57. The van der Waals surface area contributed by atoms with Crippen molar-refractivity contribution in [2.24, 2.45) is 5.92 Å². The van der Waals surface area contributed by atoms with E-state index < -0.39 is 12.1 Å². The van der Waals surface area contributed by atoms with Crippen LogP contribution in [0, 0.1) is 17.2 Å². The molecule has 1 aliphatic rings. The average Bonchev–Trinajstić information content (AvgIpc) is 2.77. The summed E-state index contributed by atoms with van der Waals surface area (Å²) in [5.74, 6) is -0.596. The number of amides is 2. The van der Waals surface area contributed by atoms with Crippen molar-refractivity contribution >= 4 is 12.0 Å². The Bertz CT molecular complexity index is 849. The SMILES string of the molecule is N#C[C@H](NC(=O)C1CCCCC1NC(=O)OCc1ccccc1)c1ccccc1. The van der Waals surface area contributed by atoms with Gasteiger partial charge in [-0.3, -0.25) is 4.79 Å². The molecular weight excluding hydrogens is 366 g/mol. The van der Waals surface area contributed by atoms with Gasteiger partial charge in [0.05, 0.1) is 12.0 Å². The number of alkyl carbamates (subject to hydrolysis) is 1. The number of hydrogen-bond donors (Lipinski definition) is 2. The Morgan fingerprint density at radius 1 is 1.03 bits per heavy atom. The molecule has 3 atom stereocenters. The zero-order chi connectivity index (χ0) is 20.5. The van der Waals surface area contributed by atoms with E-state index in [1.54, 1.807) is 0 Å². The number of hydrogen-bond acceptors (Lipinski definition) is 4. The van der Waals surface area contributed by atoms with Gasteiger partial charge in [-0.2, -0.15) is 5.26 Å². The summed E-state index contributed by atoms with van der Waals surface area (Å²) in [4.78, 5) is 25.1. The average molecular weight is 391 g/mol. The number of carbonyl (C=O) groups is 2. The van der Waals surface area contributed by atoms with Gasteiger partial charge in [-0.15, -0.1) is 0 Å². The second-order valence-corrected chi connectivity index (χ2v) is 7.18. The van der Waals surface area contributed by atoms with Crippen LogP contribution < -0.4 is 10.6 Å². The Kier molecular flexibility index (Phi) is 7.23. The quantitative estimate of drug-likeness (QED) is 0.782. The number of nitrogens with one attached hydrogen (secondary N) is 2. The lowest BCUT2D eigenvalue weighted by atomic mass is 9.83. The van der Waals surface area contributed by atoms with E-state index >= 15 is 0 Å². The van der Waals surface area contributed by atoms with Crippen LogP contribution in [-0.2, 0) is 16.1 Å². The molecule has 0 saturated heterocycles. The van der Waals surface area contributed by atoms with Gasteiger partial charge in [0, 0.05) is 6.04 Å². The minimum atomic E-state index is -0.712. The number of nitriles is 1. The molecule has 6 nitrogen and oxygen atoms in total. The van der Waals surface area contributed by atoms with E-state index in [1.165, 1.54) is 0 Å². The van der Waals surface area contributed by atoms with E-state index in [0.717, 1.165) is 24.0 Å². The fraction of sp³-hybridized carbons (Fsp3) is 0.348. The third-order valence-electron chi connectivity index (χ3n) is 5.17. The van der Waals surface area contributed by atoms with Crippen LogP contribution in [0.1, 0.15) is 42.9 Å². The van der Waals surface area contributed by atoms with Crippen LogP contribution in [0.2, 0.25) is 0 Å². The van der Waals surface area contributed by atoms with Gasteiger partial charge < -0.3 is 15.4 Å². The molecule has 2 N–H and O–H groups in total. The number of carbonyl (C=O) groups excluding carboxylic acids is 2. The molecule has 6 heteroatoms. The molecule has 150 valence electrons. The standard InChI is InChI=1S/C23H25N3O3/c24-15-21(18-11-5-2-6-12-18)25-22(27)19-13-7-8-14-20(19)26-23(28)29-16-17-9-3-1-4-10-17/h1-6,9-12,19-21H,7-8,13-14,16H2,(H,25,27)(H,26,28)/t19?,20?,21-/m0/s1. The van der Waals surface area contributed by atoms with Crippen molar-refractivity contribution < 1.29 is 14.3 Å². The predicted octanol–water partition coefficient (Wildman–Crippen LogP) is 3.85. The van der Waals surface area contributed by atoms with Gasteiger partial charge in [0.2, 0.25) is 5.91 Å². The van der Waals surface area contributed by atoms with Crippen LogP contribution in [-0.4, -0.2) is 18.0 Å². The van der Waals surface area contributed by atoms with E-state index in [1.807, 2.05) is 60.7 Å². The predicted molar refractivity (Wildman–Crippen MR) is 108 cm³/mol. The molecule has 1 saturated carbocycles.